The van der Waals surface area contributed by atoms with E-state index < -0.39 is 10.0 Å². The number of anilines is 1. The van der Waals surface area contributed by atoms with Crippen LogP contribution in [0.1, 0.15) is 5.69 Å². The van der Waals surface area contributed by atoms with Gasteiger partial charge in [0.25, 0.3) is 0 Å². The summed E-state index contributed by atoms with van der Waals surface area (Å²) < 4.78 is 31.6. The third kappa shape index (κ3) is 3.04. The predicted molar refractivity (Wildman–Crippen MR) is 70.0 cm³/mol. The van der Waals surface area contributed by atoms with Gasteiger partial charge >= 0.3 is 0 Å². The van der Waals surface area contributed by atoms with E-state index in [1.165, 1.54) is 25.3 Å². The molecule has 4 N–H and O–H groups in total. The molecule has 0 amide bonds. The summed E-state index contributed by atoms with van der Waals surface area (Å²) in [5, 5.41) is 6.41. The number of ether oxygens (including phenoxy) is 1. The molecular formula is C11H14N4O3S. The van der Waals surface area contributed by atoms with Crippen LogP contribution < -0.4 is 15.2 Å². The normalized spacial score (nSPS) is 11.4. The first kappa shape index (κ1) is 13.4. The largest absolute Gasteiger partial charge is 0.495 e. The second-order valence-electron chi connectivity index (χ2n) is 3.81. The van der Waals surface area contributed by atoms with Gasteiger partial charge in [0.05, 0.1) is 29.9 Å². The van der Waals surface area contributed by atoms with E-state index in [9.17, 15) is 8.42 Å². The van der Waals surface area contributed by atoms with Crippen LogP contribution in [0, 0.1) is 0 Å². The number of benzene rings is 1. The molecule has 0 atom stereocenters. The molecule has 0 fully saturated rings. The zero-order valence-electron chi connectivity index (χ0n) is 10.3. The first-order valence-corrected chi connectivity index (χ1v) is 6.92. The van der Waals surface area contributed by atoms with Crippen molar-refractivity contribution in [1.82, 2.24) is 14.9 Å². The fraction of sp³-hybridized carbons (Fsp3) is 0.182. The average Bonchev–Trinajstić information content (AvgIpc) is 2.90. The summed E-state index contributed by atoms with van der Waals surface area (Å²) in [5.74, 6) is 0.324. The van der Waals surface area contributed by atoms with Crippen molar-refractivity contribution in [2.45, 2.75) is 11.4 Å². The molecule has 0 saturated carbocycles. The minimum atomic E-state index is -3.62. The molecule has 2 aromatic rings. The molecule has 8 heteroatoms. The third-order valence-electron chi connectivity index (χ3n) is 2.53. The smallest absolute Gasteiger partial charge is 0.241 e. The maximum atomic E-state index is 12.1. The SMILES string of the molecule is COc1cc(S(=O)(=O)NCc2ccn[nH]2)ccc1N. The molecule has 0 aliphatic rings. The topological polar surface area (TPSA) is 110 Å². The van der Waals surface area contributed by atoms with E-state index >= 15 is 0 Å². The zero-order valence-corrected chi connectivity index (χ0v) is 11.1. The van der Waals surface area contributed by atoms with Gasteiger partial charge in [-0.3, -0.25) is 5.10 Å². The van der Waals surface area contributed by atoms with Gasteiger partial charge in [-0.05, 0) is 18.2 Å². The van der Waals surface area contributed by atoms with E-state index in [0.29, 0.717) is 17.1 Å². The monoisotopic (exact) mass is 282 g/mol. The van der Waals surface area contributed by atoms with E-state index in [0.717, 1.165) is 0 Å². The molecule has 102 valence electrons. The Bertz CT molecular complexity index is 653. The maximum absolute atomic E-state index is 12.1. The van der Waals surface area contributed by atoms with Gasteiger partial charge in [0.1, 0.15) is 5.75 Å². The first-order valence-electron chi connectivity index (χ1n) is 5.44. The summed E-state index contributed by atoms with van der Waals surface area (Å²) in [6, 6.07) is 5.98. The summed E-state index contributed by atoms with van der Waals surface area (Å²) in [4.78, 5) is 0.0954. The Hall–Kier alpha value is -2.06. The molecule has 0 bridgehead atoms. The van der Waals surface area contributed by atoms with Gasteiger partial charge in [0.15, 0.2) is 0 Å². The van der Waals surface area contributed by atoms with Crippen molar-refractivity contribution in [3.63, 3.8) is 0 Å². The van der Waals surface area contributed by atoms with Gasteiger partial charge in [0, 0.05) is 12.3 Å². The molecule has 1 aromatic carbocycles. The highest BCUT2D eigenvalue weighted by Crippen LogP contribution is 2.24. The molecule has 0 saturated heterocycles. The van der Waals surface area contributed by atoms with E-state index in [4.69, 9.17) is 10.5 Å². The van der Waals surface area contributed by atoms with Gasteiger partial charge in [-0.1, -0.05) is 0 Å². The highest BCUT2D eigenvalue weighted by atomic mass is 32.2. The molecule has 0 aliphatic carbocycles. The number of nitrogens with two attached hydrogens (primary N) is 1. The summed E-state index contributed by atoms with van der Waals surface area (Å²) in [6.45, 7) is 0.134. The number of nitrogens with zero attached hydrogens (tertiary/aromatic N) is 1. The molecule has 19 heavy (non-hydrogen) atoms. The second kappa shape index (κ2) is 5.29. The van der Waals surface area contributed by atoms with Crippen LogP contribution in [0.3, 0.4) is 0 Å². The quantitative estimate of drug-likeness (QED) is 0.691. The van der Waals surface area contributed by atoms with Crippen molar-refractivity contribution in [1.29, 1.82) is 0 Å². The van der Waals surface area contributed by atoms with Crippen LogP contribution in [0.5, 0.6) is 5.75 Å². The first-order chi connectivity index (χ1) is 9.03. The number of nitrogens with one attached hydrogen (secondary N) is 2. The van der Waals surface area contributed by atoms with Gasteiger partial charge in [0.2, 0.25) is 10.0 Å². The molecule has 0 spiro atoms. The van der Waals surface area contributed by atoms with Crippen LogP contribution in [0.2, 0.25) is 0 Å². The number of hydrogen-bond donors (Lipinski definition) is 3. The number of H-pyrrole nitrogens is 1. The summed E-state index contributed by atoms with van der Waals surface area (Å²) in [5.41, 5.74) is 6.70. The molecule has 1 heterocycles. The van der Waals surface area contributed by atoms with Crippen molar-refractivity contribution in [3.8, 4) is 5.75 Å². The average molecular weight is 282 g/mol. The Morgan fingerprint density at radius 3 is 2.84 bits per heavy atom. The Morgan fingerprint density at radius 1 is 1.42 bits per heavy atom. The standard InChI is InChI=1S/C11H14N4O3S/c1-18-11-6-9(2-3-10(11)12)19(16,17)14-7-8-4-5-13-15-8/h2-6,14H,7,12H2,1H3,(H,13,15). The Balaban J connectivity index is 2.19. The fourth-order valence-corrected chi connectivity index (χ4v) is 2.52. The molecule has 7 nitrogen and oxygen atoms in total. The van der Waals surface area contributed by atoms with Crippen LogP contribution >= 0.6 is 0 Å². The lowest BCUT2D eigenvalue weighted by Gasteiger charge is -2.09. The van der Waals surface area contributed by atoms with Gasteiger partial charge in [-0.25, -0.2) is 13.1 Å². The third-order valence-corrected chi connectivity index (χ3v) is 3.93. The Kier molecular flexibility index (Phi) is 3.72. The summed E-state index contributed by atoms with van der Waals surface area (Å²) in [6.07, 6.45) is 1.55. The van der Waals surface area contributed by atoms with E-state index in [1.54, 1.807) is 12.3 Å². The lowest BCUT2D eigenvalue weighted by molar-refractivity contribution is 0.415. The van der Waals surface area contributed by atoms with Gasteiger partial charge < -0.3 is 10.5 Å². The lowest BCUT2D eigenvalue weighted by Crippen LogP contribution is -2.23. The minimum absolute atomic E-state index is 0.0954. The maximum Gasteiger partial charge on any atom is 0.241 e. The van der Waals surface area contributed by atoms with Crippen LogP contribution in [0.4, 0.5) is 5.69 Å². The lowest BCUT2D eigenvalue weighted by atomic mass is 10.3. The van der Waals surface area contributed by atoms with Gasteiger partial charge in [-0.15, -0.1) is 0 Å². The molecule has 0 aliphatic heterocycles. The van der Waals surface area contributed by atoms with Crippen LogP contribution in [0.15, 0.2) is 35.4 Å². The molecule has 1 aromatic heterocycles. The van der Waals surface area contributed by atoms with Crippen LogP contribution in [-0.4, -0.2) is 25.7 Å². The minimum Gasteiger partial charge on any atom is -0.495 e. The Labute approximate surface area is 110 Å². The number of sulfonamides is 1. The summed E-state index contributed by atoms with van der Waals surface area (Å²) in [7, 11) is -2.19. The number of hydrogen-bond acceptors (Lipinski definition) is 5. The number of rotatable bonds is 5. The molecular weight excluding hydrogens is 268 g/mol. The zero-order chi connectivity index (χ0) is 13.9. The summed E-state index contributed by atoms with van der Waals surface area (Å²) >= 11 is 0. The van der Waals surface area contributed by atoms with E-state index in [-0.39, 0.29) is 11.4 Å². The molecule has 0 radical (unpaired) electrons. The van der Waals surface area contributed by atoms with E-state index in [1.807, 2.05) is 0 Å². The van der Waals surface area contributed by atoms with Crippen molar-refractivity contribution in [3.05, 3.63) is 36.2 Å². The van der Waals surface area contributed by atoms with Crippen molar-refractivity contribution in [2.24, 2.45) is 0 Å². The second-order valence-corrected chi connectivity index (χ2v) is 5.58. The van der Waals surface area contributed by atoms with Crippen LogP contribution in [0.25, 0.3) is 0 Å². The molecule has 0 unspecified atom stereocenters. The number of methoxy groups -OCH3 is 1. The highest BCUT2D eigenvalue weighted by molar-refractivity contribution is 7.89. The van der Waals surface area contributed by atoms with Crippen molar-refractivity contribution < 1.29 is 13.2 Å². The molecule has 2 rings (SSSR count). The Morgan fingerprint density at radius 2 is 2.21 bits per heavy atom. The predicted octanol–water partition coefficient (Wildman–Crippen LogP) is 0.479. The van der Waals surface area contributed by atoms with Crippen molar-refractivity contribution in [2.75, 3.05) is 12.8 Å². The number of aromatic amines is 1. The van der Waals surface area contributed by atoms with Gasteiger partial charge in [-0.2, -0.15) is 5.10 Å². The number of aromatic nitrogens is 2. The van der Waals surface area contributed by atoms with E-state index in [2.05, 4.69) is 14.9 Å². The highest BCUT2D eigenvalue weighted by Gasteiger charge is 2.15. The fourth-order valence-electron chi connectivity index (χ4n) is 1.50. The number of nitrogen functional groups attached to an aromatic ring is 1. The van der Waals surface area contributed by atoms with Crippen LogP contribution in [-0.2, 0) is 16.6 Å². The van der Waals surface area contributed by atoms with Crippen molar-refractivity contribution >= 4 is 15.7 Å².